The van der Waals surface area contributed by atoms with Crippen LogP contribution >= 0.6 is 0 Å². The second-order valence-corrected chi connectivity index (χ2v) is 5.77. The summed E-state index contributed by atoms with van der Waals surface area (Å²) < 4.78 is 0. The van der Waals surface area contributed by atoms with Crippen molar-refractivity contribution >= 4 is 12.0 Å². The molecule has 1 aromatic carbocycles. The summed E-state index contributed by atoms with van der Waals surface area (Å²) in [4.78, 5) is 11.7. The van der Waals surface area contributed by atoms with E-state index in [-0.39, 0.29) is 12.0 Å². The molecule has 0 heterocycles. The van der Waals surface area contributed by atoms with Crippen LogP contribution in [-0.2, 0) is 4.79 Å². The molecule has 1 aromatic rings. The number of hydrogen-bond donors (Lipinski definition) is 2. The van der Waals surface area contributed by atoms with E-state index in [1.165, 1.54) is 12.8 Å². The molecule has 0 saturated heterocycles. The van der Waals surface area contributed by atoms with E-state index in [2.05, 4.69) is 5.32 Å². The van der Waals surface area contributed by atoms with Gasteiger partial charge in [-0.25, -0.2) is 0 Å². The second kappa shape index (κ2) is 8.63. The maximum Gasteiger partial charge on any atom is 0.220 e. The summed E-state index contributed by atoms with van der Waals surface area (Å²) in [7, 11) is 0. The largest absolute Gasteiger partial charge is 0.391 e. The fourth-order valence-corrected chi connectivity index (χ4v) is 2.81. The van der Waals surface area contributed by atoms with Gasteiger partial charge in [-0.2, -0.15) is 0 Å². The molecule has 0 bridgehead atoms. The molecular weight excluding hydrogens is 262 g/mol. The third-order valence-corrected chi connectivity index (χ3v) is 4.10. The van der Waals surface area contributed by atoms with E-state index in [9.17, 15) is 9.90 Å². The molecule has 1 aliphatic rings. The average Bonchev–Trinajstić information content (AvgIpc) is 3.05. The summed E-state index contributed by atoms with van der Waals surface area (Å²) in [5, 5.41) is 12.8. The van der Waals surface area contributed by atoms with E-state index in [0.717, 1.165) is 24.8 Å². The molecule has 1 unspecified atom stereocenters. The van der Waals surface area contributed by atoms with Crippen molar-refractivity contribution in [1.82, 2.24) is 5.32 Å². The number of amides is 1. The summed E-state index contributed by atoms with van der Waals surface area (Å²) >= 11 is 0. The lowest BCUT2D eigenvalue weighted by molar-refractivity contribution is -0.121. The van der Waals surface area contributed by atoms with Crippen LogP contribution < -0.4 is 5.32 Å². The molecule has 0 spiro atoms. The van der Waals surface area contributed by atoms with Gasteiger partial charge < -0.3 is 10.4 Å². The first-order valence-electron chi connectivity index (χ1n) is 7.92. The molecule has 2 rings (SSSR count). The van der Waals surface area contributed by atoms with Gasteiger partial charge in [0.05, 0.1) is 6.10 Å². The standard InChI is InChI=1S/C18H25NO2/c20-17(16-11-5-6-12-16)14-19-18(21)13-7-4-10-15-8-2-1-3-9-15/h1-4,8-10,16-17,20H,5-7,11-14H2,(H,19,21)/b10-4+. The number of rotatable bonds is 7. The zero-order valence-electron chi connectivity index (χ0n) is 12.5. The Morgan fingerprint density at radius 2 is 2.00 bits per heavy atom. The van der Waals surface area contributed by atoms with Gasteiger partial charge in [-0.05, 0) is 30.7 Å². The Morgan fingerprint density at radius 1 is 1.29 bits per heavy atom. The Hall–Kier alpha value is -1.61. The van der Waals surface area contributed by atoms with Crippen molar-refractivity contribution in [2.24, 2.45) is 5.92 Å². The number of carbonyl (C=O) groups excluding carboxylic acids is 1. The zero-order valence-corrected chi connectivity index (χ0v) is 12.5. The van der Waals surface area contributed by atoms with E-state index in [1.807, 2.05) is 42.5 Å². The Labute approximate surface area is 127 Å². The number of carbonyl (C=O) groups is 1. The van der Waals surface area contributed by atoms with Gasteiger partial charge in [0.25, 0.3) is 0 Å². The highest BCUT2D eigenvalue weighted by atomic mass is 16.3. The minimum Gasteiger partial charge on any atom is -0.391 e. The molecule has 0 aromatic heterocycles. The van der Waals surface area contributed by atoms with Crippen LogP contribution in [0.15, 0.2) is 36.4 Å². The van der Waals surface area contributed by atoms with Crippen molar-refractivity contribution in [1.29, 1.82) is 0 Å². The first kappa shape index (κ1) is 15.8. The quantitative estimate of drug-likeness (QED) is 0.809. The molecule has 1 atom stereocenters. The van der Waals surface area contributed by atoms with Crippen LogP contribution in [0.4, 0.5) is 0 Å². The Morgan fingerprint density at radius 3 is 2.71 bits per heavy atom. The Bertz CT molecular complexity index is 450. The van der Waals surface area contributed by atoms with Crippen LogP contribution in [0.5, 0.6) is 0 Å². The van der Waals surface area contributed by atoms with Crippen LogP contribution in [0.2, 0.25) is 0 Å². The number of nitrogens with one attached hydrogen (secondary N) is 1. The highest BCUT2D eigenvalue weighted by molar-refractivity contribution is 5.76. The molecule has 2 N–H and O–H groups in total. The number of allylic oxidation sites excluding steroid dienone is 1. The van der Waals surface area contributed by atoms with Crippen LogP contribution in [-0.4, -0.2) is 23.7 Å². The van der Waals surface area contributed by atoms with Gasteiger partial charge in [-0.1, -0.05) is 55.3 Å². The van der Waals surface area contributed by atoms with E-state index in [0.29, 0.717) is 18.9 Å². The number of hydrogen-bond acceptors (Lipinski definition) is 2. The molecule has 21 heavy (non-hydrogen) atoms. The molecule has 3 nitrogen and oxygen atoms in total. The van der Waals surface area contributed by atoms with Crippen molar-refractivity contribution in [3.8, 4) is 0 Å². The van der Waals surface area contributed by atoms with Crippen LogP contribution in [0.25, 0.3) is 6.08 Å². The first-order chi connectivity index (χ1) is 10.3. The molecular formula is C18H25NO2. The first-order valence-corrected chi connectivity index (χ1v) is 7.92. The molecule has 1 amide bonds. The average molecular weight is 287 g/mol. The van der Waals surface area contributed by atoms with Crippen LogP contribution in [0, 0.1) is 5.92 Å². The molecule has 1 aliphatic carbocycles. The smallest absolute Gasteiger partial charge is 0.220 e. The fraction of sp³-hybridized carbons (Fsp3) is 0.500. The normalized spacial score (nSPS) is 17.2. The van der Waals surface area contributed by atoms with Crippen molar-refractivity contribution in [3.05, 3.63) is 42.0 Å². The van der Waals surface area contributed by atoms with Gasteiger partial charge in [0.15, 0.2) is 0 Å². The topological polar surface area (TPSA) is 49.3 Å². The minimum atomic E-state index is -0.378. The van der Waals surface area contributed by atoms with Crippen molar-refractivity contribution in [2.75, 3.05) is 6.54 Å². The predicted molar refractivity (Wildman–Crippen MR) is 85.7 cm³/mol. The van der Waals surface area contributed by atoms with Gasteiger partial charge in [-0.15, -0.1) is 0 Å². The number of aliphatic hydroxyl groups is 1. The molecule has 0 aliphatic heterocycles. The molecule has 1 fully saturated rings. The van der Waals surface area contributed by atoms with Gasteiger partial charge in [-0.3, -0.25) is 4.79 Å². The summed E-state index contributed by atoms with van der Waals surface area (Å²) in [5.74, 6) is 0.396. The Balaban J connectivity index is 1.60. The monoisotopic (exact) mass is 287 g/mol. The maximum absolute atomic E-state index is 11.7. The molecule has 114 valence electrons. The summed E-state index contributed by atoms with van der Waals surface area (Å²) in [6.07, 6.45) is 9.47. The highest BCUT2D eigenvalue weighted by Gasteiger charge is 2.23. The summed E-state index contributed by atoms with van der Waals surface area (Å²) in [5.41, 5.74) is 1.15. The van der Waals surface area contributed by atoms with Gasteiger partial charge in [0, 0.05) is 13.0 Å². The number of aliphatic hydroxyl groups excluding tert-OH is 1. The Kier molecular flexibility index (Phi) is 6.48. The van der Waals surface area contributed by atoms with Crippen LogP contribution in [0.1, 0.15) is 44.1 Å². The van der Waals surface area contributed by atoms with E-state index >= 15 is 0 Å². The molecule has 1 saturated carbocycles. The van der Waals surface area contributed by atoms with E-state index < -0.39 is 0 Å². The lowest BCUT2D eigenvalue weighted by atomic mass is 10.0. The maximum atomic E-state index is 11.7. The molecule has 3 heteroatoms. The van der Waals surface area contributed by atoms with Crippen LogP contribution in [0.3, 0.4) is 0 Å². The second-order valence-electron chi connectivity index (χ2n) is 5.77. The summed E-state index contributed by atoms with van der Waals surface area (Å²) in [6.45, 7) is 0.395. The van der Waals surface area contributed by atoms with Crippen molar-refractivity contribution in [2.45, 2.75) is 44.6 Å². The zero-order chi connectivity index (χ0) is 14.9. The highest BCUT2D eigenvalue weighted by Crippen LogP contribution is 2.27. The minimum absolute atomic E-state index is 0.0183. The fourth-order valence-electron chi connectivity index (χ4n) is 2.81. The third kappa shape index (κ3) is 5.72. The lowest BCUT2D eigenvalue weighted by Crippen LogP contribution is -2.35. The van der Waals surface area contributed by atoms with Crippen molar-refractivity contribution < 1.29 is 9.90 Å². The van der Waals surface area contributed by atoms with E-state index in [1.54, 1.807) is 0 Å². The van der Waals surface area contributed by atoms with Gasteiger partial charge in [0.1, 0.15) is 0 Å². The third-order valence-electron chi connectivity index (χ3n) is 4.10. The predicted octanol–water partition coefficient (Wildman–Crippen LogP) is 3.15. The SMILES string of the molecule is O=C(CC/C=C/c1ccccc1)NCC(O)C1CCCC1. The number of benzene rings is 1. The van der Waals surface area contributed by atoms with Gasteiger partial charge >= 0.3 is 0 Å². The summed E-state index contributed by atoms with van der Waals surface area (Å²) in [6, 6.07) is 10.1. The lowest BCUT2D eigenvalue weighted by Gasteiger charge is -2.17. The van der Waals surface area contributed by atoms with Crippen molar-refractivity contribution in [3.63, 3.8) is 0 Å². The van der Waals surface area contributed by atoms with Gasteiger partial charge in [0.2, 0.25) is 5.91 Å². The molecule has 0 radical (unpaired) electrons. The van der Waals surface area contributed by atoms with E-state index in [4.69, 9.17) is 0 Å².